The number of benzene rings is 3. The van der Waals surface area contributed by atoms with Crippen LogP contribution in [0.2, 0.25) is 0 Å². The summed E-state index contributed by atoms with van der Waals surface area (Å²) >= 11 is 0. The minimum atomic E-state index is 0.0149. The van der Waals surface area contributed by atoms with Crippen LogP contribution in [-0.2, 0) is 6.54 Å². The molecule has 1 aliphatic rings. The fourth-order valence-electron chi connectivity index (χ4n) is 5.41. The van der Waals surface area contributed by atoms with E-state index in [1.54, 1.807) is 18.5 Å². The van der Waals surface area contributed by atoms with Crippen LogP contribution < -0.4 is 0 Å². The number of nitrogens with zero attached hydrogens (tertiary/aromatic N) is 4. The molecule has 5 rings (SSSR count). The van der Waals surface area contributed by atoms with Crippen LogP contribution >= 0.6 is 0 Å². The fraction of sp³-hybridized carbons (Fsp3) is 0.250. The van der Waals surface area contributed by atoms with Gasteiger partial charge in [-0.15, -0.1) is 0 Å². The van der Waals surface area contributed by atoms with E-state index in [-0.39, 0.29) is 11.8 Å². The summed E-state index contributed by atoms with van der Waals surface area (Å²) in [5, 5.41) is 19.6. The maximum absolute atomic E-state index is 10.3. The highest BCUT2D eigenvalue weighted by molar-refractivity contribution is 5.64. The summed E-state index contributed by atoms with van der Waals surface area (Å²) in [5.41, 5.74) is 6.10. The van der Waals surface area contributed by atoms with Gasteiger partial charge in [0.05, 0.1) is 11.6 Å². The van der Waals surface area contributed by atoms with Gasteiger partial charge in [0.15, 0.2) is 0 Å². The van der Waals surface area contributed by atoms with Gasteiger partial charge in [-0.25, -0.2) is 0 Å². The topological polar surface area (TPSA) is 63.4 Å². The lowest BCUT2D eigenvalue weighted by molar-refractivity contribution is 0.0195. The Morgan fingerprint density at radius 3 is 2.38 bits per heavy atom. The highest BCUT2D eigenvalue weighted by atomic mass is 16.3. The molecule has 1 aliphatic heterocycles. The van der Waals surface area contributed by atoms with Crippen LogP contribution in [0.25, 0.3) is 11.1 Å². The smallest absolute Gasteiger partial charge is 0.115 e. The van der Waals surface area contributed by atoms with Gasteiger partial charge < -0.3 is 5.11 Å². The molecule has 0 bridgehead atoms. The van der Waals surface area contributed by atoms with Crippen molar-refractivity contribution in [2.45, 2.75) is 38.5 Å². The maximum Gasteiger partial charge on any atom is 0.115 e. The number of nitriles is 1. The number of pyridine rings is 1. The first kappa shape index (κ1) is 24.7. The molecule has 1 fully saturated rings. The van der Waals surface area contributed by atoms with Crippen LogP contribution in [0.1, 0.15) is 42.1 Å². The zero-order valence-corrected chi connectivity index (χ0v) is 21.3. The second-order valence-corrected chi connectivity index (χ2v) is 10.0. The van der Waals surface area contributed by atoms with Gasteiger partial charge in [-0.2, -0.15) is 5.26 Å². The van der Waals surface area contributed by atoms with Crippen LogP contribution in [0.4, 0.5) is 0 Å². The molecule has 37 heavy (non-hydrogen) atoms. The first-order chi connectivity index (χ1) is 18.0. The van der Waals surface area contributed by atoms with Gasteiger partial charge >= 0.3 is 0 Å². The van der Waals surface area contributed by atoms with E-state index < -0.39 is 0 Å². The lowest BCUT2D eigenvalue weighted by Gasteiger charge is -2.47. The summed E-state index contributed by atoms with van der Waals surface area (Å²) < 4.78 is 0. The highest BCUT2D eigenvalue weighted by Gasteiger charge is 2.34. The molecular weight excluding hydrogens is 456 g/mol. The van der Waals surface area contributed by atoms with Crippen molar-refractivity contribution < 1.29 is 5.11 Å². The molecule has 0 spiro atoms. The summed E-state index contributed by atoms with van der Waals surface area (Å²) in [6.07, 6.45) is 3.37. The molecule has 5 heteroatoms. The summed E-state index contributed by atoms with van der Waals surface area (Å²) in [4.78, 5) is 9.34. The predicted octanol–water partition coefficient (Wildman–Crippen LogP) is 6.01. The Morgan fingerprint density at radius 2 is 1.65 bits per heavy atom. The molecule has 0 saturated carbocycles. The highest BCUT2D eigenvalue weighted by Crippen LogP contribution is 2.35. The summed E-state index contributed by atoms with van der Waals surface area (Å²) in [6.45, 7) is 7.44. The van der Waals surface area contributed by atoms with E-state index in [9.17, 15) is 10.4 Å². The second kappa shape index (κ2) is 11.0. The van der Waals surface area contributed by atoms with Crippen molar-refractivity contribution in [1.82, 2.24) is 14.8 Å². The third-order valence-corrected chi connectivity index (χ3v) is 7.34. The predicted molar refractivity (Wildman–Crippen MR) is 147 cm³/mol. The van der Waals surface area contributed by atoms with Crippen LogP contribution in [0.5, 0.6) is 5.75 Å². The molecule has 1 saturated heterocycles. The fourth-order valence-corrected chi connectivity index (χ4v) is 5.41. The Morgan fingerprint density at radius 1 is 0.865 bits per heavy atom. The minimum absolute atomic E-state index is 0.0149. The molecule has 186 valence electrons. The van der Waals surface area contributed by atoms with Crippen LogP contribution in [0, 0.1) is 11.3 Å². The molecule has 2 heterocycles. The van der Waals surface area contributed by atoms with Gasteiger partial charge in [0.2, 0.25) is 0 Å². The van der Waals surface area contributed by atoms with Gasteiger partial charge in [0.25, 0.3) is 0 Å². The summed E-state index contributed by atoms with van der Waals surface area (Å²) in [7, 11) is 0. The van der Waals surface area contributed by atoms with Crippen molar-refractivity contribution >= 4 is 0 Å². The van der Waals surface area contributed by atoms with Gasteiger partial charge in [0, 0.05) is 49.7 Å². The summed E-state index contributed by atoms with van der Waals surface area (Å²) in [6, 6.07) is 31.6. The van der Waals surface area contributed by atoms with Crippen LogP contribution in [-0.4, -0.2) is 45.1 Å². The van der Waals surface area contributed by atoms with Crippen molar-refractivity contribution in [2.75, 3.05) is 13.1 Å². The molecule has 4 aromatic rings. The molecule has 0 amide bonds. The van der Waals surface area contributed by atoms with E-state index in [1.165, 1.54) is 11.1 Å². The minimum Gasteiger partial charge on any atom is -0.508 e. The number of aromatic hydroxyl groups is 1. The van der Waals surface area contributed by atoms with E-state index in [4.69, 9.17) is 0 Å². The van der Waals surface area contributed by atoms with Crippen molar-refractivity contribution in [3.8, 4) is 22.9 Å². The number of piperazine rings is 1. The van der Waals surface area contributed by atoms with E-state index in [0.29, 0.717) is 17.6 Å². The number of rotatable bonds is 6. The third kappa shape index (κ3) is 5.56. The standard InChI is InChI=1S/C32H32N4O/c1-23-21-36(24(2)20-35(23)22-25-7-4-3-5-8-25)32(29-9-6-10-31(37)16-29)28-13-11-27(12-14-28)30-15-26(17-33)18-34-19-30/h3-16,18-19,23-24,32,37H,20-22H2,1-2H3/t23-,24+,32-/m1/s1. The Kier molecular flexibility index (Phi) is 7.32. The Bertz CT molecular complexity index is 1380. The van der Waals surface area contributed by atoms with Gasteiger partial charge in [-0.3, -0.25) is 14.8 Å². The zero-order valence-electron chi connectivity index (χ0n) is 21.3. The van der Waals surface area contributed by atoms with Crippen LogP contribution in [0.15, 0.2) is 97.3 Å². The average Bonchev–Trinajstić information content (AvgIpc) is 2.92. The molecule has 0 radical (unpaired) electrons. The number of hydrogen-bond acceptors (Lipinski definition) is 5. The number of hydrogen-bond donors (Lipinski definition) is 1. The van der Waals surface area contributed by atoms with Crippen molar-refractivity contribution in [2.24, 2.45) is 0 Å². The van der Waals surface area contributed by atoms with Crippen molar-refractivity contribution in [3.05, 3.63) is 120 Å². The van der Waals surface area contributed by atoms with Gasteiger partial charge in [0.1, 0.15) is 11.8 Å². The Balaban J connectivity index is 1.44. The van der Waals surface area contributed by atoms with E-state index in [2.05, 4.69) is 95.4 Å². The molecule has 1 aromatic heterocycles. The van der Waals surface area contributed by atoms with Crippen molar-refractivity contribution in [1.29, 1.82) is 5.26 Å². The first-order valence-electron chi connectivity index (χ1n) is 12.8. The molecule has 0 aliphatic carbocycles. The molecule has 3 atom stereocenters. The van der Waals surface area contributed by atoms with Crippen molar-refractivity contribution in [3.63, 3.8) is 0 Å². The Hall–Kier alpha value is -3.98. The van der Waals surface area contributed by atoms with E-state index in [1.807, 2.05) is 18.2 Å². The van der Waals surface area contributed by atoms with E-state index in [0.717, 1.165) is 36.3 Å². The molecule has 5 nitrogen and oxygen atoms in total. The third-order valence-electron chi connectivity index (χ3n) is 7.34. The first-order valence-corrected chi connectivity index (χ1v) is 12.8. The monoisotopic (exact) mass is 488 g/mol. The molecule has 1 N–H and O–H groups in total. The SMILES string of the molecule is C[C@@H]1CN([C@H](c2ccc(-c3cncc(C#N)c3)cc2)c2cccc(O)c2)[C@@H](C)CN1Cc1ccccc1. The lowest BCUT2D eigenvalue weighted by atomic mass is 9.92. The average molecular weight is 489 g/mol. The van der Waals surface area contributed by atoms with E-state index >= 15 is 0 Å². The second-order valence-electron chi connectivity index (χ2n) is 10.0. The van der Waals surface area contributed by atoms with Gasteiger partial charge in [-0.1, -0.05) is 66.7 Å². The van der Waals surface area contributed by atoms with Gasteiger partial charge in [-0.05, 0) is 54.3 Å². The number of phenolic OH excluding ortho intramolecular Hbond substituents is 1. The number of aromatic nitrogens is 1. The zero-order chi connectivity index (χ0) is 25.8. The molecule has 0 unspecified atom stereocenters. The maximum atomic E-state index is 10.3. The normalized spacial score (nSPS) is 19.3. The largest absolute Gasteiger partial charge is 0.508 e. The molecule has 3 aromatic carbocycles. The summed E-state index contributed by atoms with van der Waals surface area (Å²) in [5.74, 6) is 0.280. The number of phenols is 1. The Labute approximate surface area is 219 Å². The quantitative estimate of drug-likeness (QED) is 0.360. The lowest BCUT2D eigenvalue weighted by Crippen LogP contribution is -2.56. The van der Waals surface area contributed by atoms with Crippen LogP contribution in [0.3, 0.4) is 0 Å². The molecular formula is C32H32N4O.